The van der Waals surface area contributed by atoms with Crippen LogP contribution < -0.4 is 11.1 Å². The van der Waals surface area contributed by atoms with E-state index in [1.165, 1.54) is 38.1 Å². The molecule has 0 fully saturated rings. The number of thioether (sulfide) groups is 1. The number of halogens is 2. The van der Waals surface area contributed by atoms with E-state index in [-0.39, 0.29) is 22.0 Å². The Morgan fingerprint density at radius 2 is 1.73 bits per heavy atom. The number of nitrogens with one attached hydrogen (secondary N) is 1. The second-order valence-electron chi connectivity index (χ2n) is 5.14. The summed E-state index contributed by atoms with van der Waals surface area (Å²) in [6.45, 7) is 0. The molecule has 2 atom stereocenters. The average molecular weight is 423 g/mol. The van der Waals surface area contributed by atoms with Gasteiger partial charge >= 0.3 is 11.9 Å². The molecule has 144 valence electrons. The maximum absolute atomic E-state index is 12.4. The van der Waals surface area contributed by atoms with Crippen molar-refractivity contribution in [1.29, 1.82) is 0 Å². The Kier molecular flexibility index (Phi) is 9.79. The Hall–Kier alpha value is -1.48. The molecule has 0 aliphatic carbocycles. The lowest BCUT2D eigenvalue weighted by Gasteiger charge is -2.17. The van der Waals surface area contributed by atoms with Crippen molar-refractivity contribution in [1.82, 2.24) is 5.32 Å². The molecule has 1 aromatic rings. The molecule has 0 aromatic heterocycles. The highest BCUT2D eigenvalue weighted by molar-refractivity contribution is 7.99. The van der Waals surface area contributed by atoms with E-state index in [1.54, 1.807) is 6.07 Å². The Labute approximate surface area is 165 Å². The molecular weight excluding hydrogens is 403 g/mol. The number of carbonyl (C=O) groups excluding carboxylic acids is 3. The van der Waals surface area contributed by atoms with Crippen molar-refractivity contribution in [3.63, 3.8) is 0 Å². The quantitative estimate of drug-likeness (QED) is 0.461. The van der Waals surface area contributed by atoms with Crippen LogP contribution in [0.25, 0.3) is 0 Å². The zero-order chi connectivity index (χ0) is 19.7. The number of benzene rings is 1. The summed E-state index contributed by atoms with van der Waals surface area (Å²) in [4.78, 5) is 35.6. The number of hydrogen-bond donors (Lipinski definition) is 2. The van der Waals surface area contributed by atoms with Gasteiger partial charge in [-0.1, -0.05) is 29.3 Å². The number of methoxy groups -OCH3 is 2. The van der Waals surface area contributed by atoms with E-state index < -0.39 is 29.9 Å². The van der Waals surface area contributed by atoms with E-state index in [2.05, 4.69) is 10.1 Å². The van der Waals surface area contributed by atoms with Gasteiger partial charge in [-0.05, 0) is 24.3 Å². The lowest BCUT2D eigenvalue weighted by molar-refractivity contribution is -0.143. The number of ether oxygens (including phenoxy) is 2. The minimum atomic E-state index is -0.887. The SMILES string of the molecule is COC(=O)[C@H](CCSC[C@H](N)C(=O)OC)NC(=O)c1c(Cl)cccc1Cl. The summed E-state index contributed by atoms with van der Waals surface area (Å²) in [5, 5.41) is 2.92. The van der Waals surface area contributed by atoms with Crippen LogP contribution in [0.15, 0.2) is 18.2 Å². The van der Waals surface area contributed by atoms with Gasteiger partial charge in [-0.3, -0.25) is 9.59 Å². The fourth-order valence-electron chi connectivity index (χ4n) is 1.97. The fraction of sp³-hybridized carbons (Fsp3) is 0.438. The van der Waals surface area contributed by atoms with Gasteiger partial charge in [0.2, 0.25) is 0 Å². The number of esters is 2. The maximum atomic E-state index is 12.4. The molecule has 3 N–H and O–H groups in total. The molecule has 0 spiro atoms. The van der Waals surface area contributed by atoms with Crippen LogP contribution in [0.2, 0.25) is 10.0 Å². The molecule has 0 aliphatic rings. The van der Waals surface area contributed by atoms with Gasteiger partial charge in [-0.25, -0.2) is 4.79 Å². The molecule has 1 rings (SSSR count). The highest BCUT2D eigenvalue weighted by Gasteiger charge is 2.24. The van der Waals surface area contributed by atoms with E-state index in [0.29, 0.717) is 11.5 Å². The number of carbonyl (C=O) groups is 3. The molecule has 0 bridgehead atoms. The van der Waals surface area contributed by atoms with E-state index in [4.69, 9.17) is 33.7 Å². The van der Waals surface area contributed by atoms with E-state index >= 15 is 0 Å². The highest BCUT2D eigenvalue weighted by atomic mass is 35.5. The van der Waals surface area contributed by atoms with Crippen molar-refractivity contribution in [3.8, 4) is 0 Å². The highest BCUT2D eigenvalue weighted by Crippen LogP contribution is 2.24. The van der Waals surface area contributed by atoms with Crippen LogP contribution in [-0.4, -0.2) is 55.7 Å². The number of rotatable bonds is 9. The number of amides is 1. The predicted molar refractivity (Wildman–Crippen MR) is 102 cm³/mol. The molecule has 26 heavy (non-hydrogen) atoms. The van der Waals surface area contributed by atoms with Crippen LogP contribution >= 0.6 is 35.0 Å². The third-order valence-corrected chi connectivity index (χ3v) is 5.08. The van der Waals surface area contributed by atoms with Crippen molar-refractivity contribution in [2.75, 3.05) is 25.7 Å². The largest absolute Gasteiger partial charge is 0.468 e. The van der Waals surface area contributed by atoms with Gasteiger partial charge < -0.3 is 20.5 Å². The van der Waals surface area contributed by atoms with Gasteiger partial charge in [0.1, 0.15) is 12.1 Å². The molecule has 10 heteroatoms. The van der Waals surface area contributed by atoms with Crippen LogP contribution in [0.4, 0.5) is 0 Å². The molecule has 0 saturated heterocycles. The molecule has 0 aliphatic heterocycles. The summed E-state index contributed by atoms with van der Waals surface area (Å²) in [7, 11) is 2.49. The lowest BCUT2D eigenvalue weighted by Crippen LogP contribution is -2.42. The van der Waals surface area contributed by atoms with Crippen molar-refractivity contribution in [3.05, 3.63) is 33.8 Å². The van der Waals surface area contributed by atoms with E-state index in [9.17, 15) is 14.4 Å². The summed E-state index contributed by atoms with van der Waals surface area (Å²) in [6.07, 6.45) is 0.277. The molecule has 0 radical (unpaired) electrons. The summed E-state index contributed by atoms with van der Waals surface area (Å²) < 4.78 is 9.25. The topological polar surface area (TPSA) is 108 Å². The molecule has 0 saturated carbocycles. The first-order valence-corrected chi connectivity index (χ1v) is 9.46. The molecule has 0 unspecified atom stereocenters. The summed E-state index contributed by atoms with van der Waals surface area (Å²) >= 11 is 13.4. The summed E-state index contributed by atoms with van der Waals surface area (Å²) in [6, 6.07) is 3.03. The molecular formula is C16H20Cl2N2O5S. The minimum absolute atomic E-state index is 0.0881. The Morgan fingerprint density at radius 1 is 1.15 bits per heavy atom. The van der Waals surface area contributed by atoms with Crippen LogP contribution in [0.1, 0.15) is 16.8 Å². The van der Waals surface area contributed by atoms with Crippen molar-refractivity contribution in [2.24, 2.45) is 5.73 Å². The second-order valence-corrected chi connectivity index (χ2v) is 7.10. The maximum Gasteiger partial charge on any atom is 0.328 e. The zero-order valence-corrected chi connectivity index (χ0v) is 16.6. The first kappa shape index (κ1) is 22.6. The third-order valence-electron chi connectivity index (χ3n) is 3.33. The monoisotopic (exact) mass is 422 g/mol. The summed E-state index contributed by atoms with van der Waals surface area (Å²) in [5.41, 5.74) is 5.72. The minimum Gasteiger partial charge on any atom is -0.468 e. The number of nitrogens with two attached hydrogens (primary N) is 1. The predicted octanol–water partition coefficient (Wildman–Crippen LogP) is 1.89. The Morgan fingerprint density at radius 3 is 2.27 bits per heavy atom. The molecule has 1 aromatic carbocycles. The van der Waals surface area contributed by atoms with Crippen molar-refractivity contribution >= 4 is 52.8 Å². The second kappa shape index (κ2) is 11.3. The number of hydrogen-bond acceptors (Lipinski definition) is 7. The lowest BCUT2D eigenvalue weighted by atomic mass is 10.1. The van der Waals surface area contributed by atoms with Crippen molar-refractivity contribution in [2.45, 2.75) is 18.5 Å². The van der Waals surface area contributed by atoms with Gasteiger partial charge in [0.15, 0.2) is 0 Å². The van der Waals surface area contributed by atoms with Crippen LogP contribution in [0.5, 0.6) is 0 Å². The summed E-state index contributed by atoms with van der Waals surface area (Å²) in [5.74, 6) is -0.901. The van der Waals surface area contributed by atoms with Crippen LogP contribution in [-0.2, 0) is 19.1 Å². The first-order valence-electron chi connectivity index (χ1n) is 7.55. The van der Waals surface area contributed by atoms with Crippen LogP contribution in [0.3, 0.4) is 0 Å². The zero-order valence-electron chi connectivity index (χ0n) is 14.3. The Balaban J connectivity index is 2.66. The van der Waals surface area contributed by atoms with Gasteiger partial charge in [-0.2, -0.15) is 11.8 Å². The molecule has 1 amide bonds. The molecule has 0 heterocycles. The first-order chi connectivity index (χ1) is 12.3. The Bertz CT molecular complexity index is 639. The smallest absolute Gasteiger partial charge is 0.328 e. The standard InChI is InChI=1S/C16H20Cl2N2O5S/c1-24-15(22)11(19)8-26-7-6-12(16(23)25-2)20-14(21)13-9(17)4-3-5-10(13)18/h3-5,11-12H,6-8,19H2,1-2H3,(H,20,21)/t11-,12-/m0/s1. The van der Waals surface area contributed by atoms with Gasteiger partial charge in [0.05, 0.1) is 29.8 Å². The fourth-order valence-corrected chi connectivity index (χ4v) is 3.50. The van der Waals surface area contributed by atoms with Crippen molar-refractivity contribution < 1.29 is 23.9 Å². The third kappa shape index (κ3) is 6.68. The normalized spacial score (nSPS) is 12.8. The van der Waals surface area contributed by atoms with E-state index in [1.807, 2.05) is 0 Å². The van der Waals surface area contributed by atoms with Crippen LogP contribution in [0, 0.1) is 0 Å². The van der Waals surface area contributed by atoms with E-state index in [0.717, 1.165) is 0 Å². The van der Waals surface area contributed by atoms with Gasteiger partial charge in [-0.15, -0.1) is 0 Å². The van der Waals surface area contributed by atoms with Gasteiger partial charge in [0.25, 0.3) is 5.91 Å². The van der Waals surface area contributed by atoms with Gasteiger partial charge in [0, 0.05) is 5.75 Å². The average Bonchev–Trinajstić information content (AvgIpc) is 2.62. The molecule has 7 nitrogen and oxygen atoms in total.